The highest BCUT2D eigenvalue weighted by Gasteiger charge is 2.12. The predicted octanol–water partition coefficient (Wildman–Crippen LogP) is 1.17. The second-order valence-electron chi connectivity index (χ2n) is 4.41. The highest BCUT2D eigenvalue weighted by atomic mass is 16.6. The quantitative estimate of drug-likeness (QED) is 0.456. The van der Waals surface area contributed by atoms with Gasteiger partial charge in [-0.2, -0.15) is 0 Å². The van der Waals surface area contributed by atoms with Crippen LogP contribution in [0.1, 0.15) is 12.8 Å². The molecule has 104 valence electrons. The van der Waals surface area contributed by atoms with Gasteiger partial charge in [0.2, 0.25) is 0 Å². The molecule has 1 fully saturated rings. The van der Waals surface area contributed by atoms with Gasteiger partial charge in [-0.3, -0.25) is 0 Å². The summed E-state index contributed by atoms with van der Waals surface area (Å²) in [6.45, 7) is 3.33. The van der Waals surface area contributed by atoms with E-state index in [0.717, 1.165) is 31.6 Å². The van der Waals surface area contributed by atoms with Gasteiger partial charge < -0.3 is 25.5 Å². The van der Waals surface area contributed by atoms with Crippen molar-refractivity contribution in [2.75, 3.05) is 31.6 Å². The van der Waals surface area contributed by atoms with Crippen LogP contribution in [0.4, 0.5) is 11.5 Å². The minimum absolute atomic E-state index is 0.142. The SMILES string of the molecule is O=[N+]([O-])c1ccc(NCCOC2CCNCC2)cn1. The third-order valence-electron chi connectivity index (χ3n) is 3.01. The van der Waals surface area contributed by atoms with Crippen LogP contribution in [0.25, 0.3) is 0 Å². The fraction of sp³-hybridized carbons (Fsp3) is 0.583. The summed E-state index contributed by atoms with van der Waals surface area (Å²) >= 11 is 0. The Labute approximate surface area is 111 Å². The Morgan fingerprint density at radius 2 is 2.26 bits per heavy atom. The van der Waals surface area contributed by atoms with E-state index in [1.807, 2.05) is 0 Å². The molecule has 0 spiro atoms. The number of nitro groups is 1. The zero-order valence-corrected chi connectivity index (χ0v) is 10.7. The summed E-state index contributed by atoms with van der Waals surface area (Å²) < 4.78 is 5.74. The van der Waals surface area contributed by atoms with E-state index >= 15 is 0 Å². The van der Waals surface area contributed by atoms with Crippen molar-refractivity contribution in [1.29, 1.82) is 0 Å². The minimum Gasteiger partial charge on any atom is -0.380 e. The number of hydrogen-bond donors (Lipinski definition) is 2. The van der Waals surface area contributed by atoms with Gasteiger partial charge in [-0.15, -0.1) is 0 Å². The summed E-state index contributed by atoms with van der Waals surface area (Å²) in [4.78, 5) is 13.7. The Bertz CT molecular complexity index is 404. The van der Waals surface area contributed by atoms with Gasteiger partial charge in [-0.25, -0.2) is 0 Å². The molecule has 0 atom stereocenters. The second kappa shape index (κ2) is 7.01. The van der Waals surface area contributed by atoms with Gasteiger partial charge in [0, 0.05) is 12.6 Å². The maximum Gasteiger partial charge on any atom is 0.363 e. The molecule has 7 nitrogen and oxygen atoms in total. The van der Waals surface area contributed by atoms with Gasteiger partial charge in [0.05, 0.1) is 18.4 Å². The van der Waals surface area contributed by atoms with Crippen molar-refractivity contribution in [2.45, 2.75) is 18.9 Å². The molecular formula is C12H18N4O3. The summed E-state index contributed by atoms with van der Waals surface area (Å²) in [5.74, 6) is -0.142. The molecule has 2 heterocycles. The molecule has 0 amide bonds. The van der Waals surface area contributed by atoms with Crippen LogP contribution in [-0.2, 0) is 4.74 Å². The lowest BCUT2D eigenvalue weighted by molar-refractivity contribution is -0.389. The van der Waals surface area contributed by atoms with Gasteiger partial charge in [0.15, 0.2) is 6.20 Å². The molecule has 2 rings (SSSR count). The van der Waals surface area contributed by atoms with Crippen LogP contribution in [0.15, 0.2) is 18.3 Å². The lowest BCUT2D eigenvalue weighted by atomic mass is 10.1. The van der Waals surface area contributed by atoms with E-state index in [1.54, 1.807) is 6.07 Å². The number of piperidine rings is 1. The van der Waals surface area contributed by atoms with Gasteiger partial charge in [0.25, 0.3) is 0 Å². The Balaban J connectivity index is 1.66. The normalized spacial score (nSPS) is 16.2. The molecule has 1 aromatic heterocycles. The molecule has 1 saturated heterocycles. The minimum atomic E-state index is -0.510. The van der Waals surface area contributed by atoms with Gasteiger partial charge in [-0.1, -0.05) is 0 Å². The molecule has 0 aliphatic carbocycles. The van der Waals surface area contributed by atoms with E-state index in [2.05, 4.69) is 15.6 Å². The molecule has 2 N–H and O–H groups in total. The Morgan fingerprint density at radius 3 is 2.89 bits per heavy atom. The van der Waals surface area contributed by atoms with Crippen LogP contribution in [0.2, 0.25) is 0 Å². The Hall–Kier alpha value is -1.73. The number of ether oxygens (including phenoxy) is 1. The Kier molecular flexibility index (Phi) is 5.05. The van der Waals surface area contributed by atoms with Crippen molar-refractivity contribution in [3.8, 4) is 0 Å². The van der Waals surface area contributed by atoms with Crippen molar-refractivity contribution in [1.82, 2.24) is 10.3 Å². The first-order valence-corrected chi connectivity index (χ1v) is 6.42. The van der Waals surface area contributed by atoms with E-state index in [0.29, 0.717) is 19.3 Å². The molecule has 7 heteroatoms. The molecule has 1 aromatic rings. The largest absolute Gasteiger partial charge is 0.380 e. The maximum atomic E-state index is 10.4. The lowest BCUT2D eigenvalue weighted by Gasteiger charge is -2.22. The molecule has 0 radical (unpaired) electrons. The number of rotatable bonds is 6. The van der Waals surface area contributed by atoms with Gasteiger partial charge in [-0.05, 0) is 41.9 Å². The van der Waals surface area contributed by atoms with Gasteiger partial charge >= 0.3 is 5.82 Å². The molecule has 1 aliphatic rings. The molecule has 19 heavy (non-hydrogen) atoms. The van der Waals surface area contributed by atoms with E-state index in [9.17, 15) is 10.1 Å². The standard InChI is InChI=1S/C12H18N4O3/c17-16(18)12-2-1-10(9-15-12)14-7-8-19-11-3-5-13-6-4-11/h1-2,9,11,13-14H,3-8H2. The fourth-order valence-electron chi connectivity index (χ4n) is 1.98. The number of anilines is 1. The molecule has 0 bridgehead atoms. The van der Waals surface area contributed by atoms with Crippen LogP contribution in [0.3, 0.4) is 0 Å². The highest BCUT2D eigenvalue weighted by molar-refractivity contribution is 5.43. The van der Waals surface area contributed by atoms with Crippen molar-refractivity contribution in [3.63, 3.8) is 0 Å². The highest BCUT2D eigenvalue weighted by Crippen LogP contribution is 2.11. The number of nitrogens with zero attached hydrogens (tertiary/aromatic N) is 2. The average molecular weight is 266 g/mol. The lowest BCUT2D eigenvalue weighted by Crippen LogP contribution is -2.33. The molecular weight excluding hydrogens is 248 g/mol. The molecule has 0 unspecified atom stereocenters. The predicted molar refractivity (Wildman–Crippen MR) is 71.2 cm³/mol. The molecule has 1 aliphatic heterocycles. The third kappa shape index (κ3) is 4.46. The van der Waals surface area contributed by atoms with Crippen LogP contribution in [0.5, 0.6) is 0 Å². The summed E-state index contributed by atoms with van der Waals surface area (Å²) in [7, 11) is 0. The zero-order chi connectivity index (χ0) is 13.5. The monoisotopic (exact) mass is 266 g/mol. The third-order valence-corrected chi connectivity index (χ3v) is 3.01. The summed E-state index contributed by atoms with van der Waals surface area (Å²) in [5.41, 5.74) is 0.763. The Morgan fingerprint density at radius 1 is 1.47 bits per heavy atom. The van der Waals surface area contributed by atoms with E-state index in [4.69, 9.17) is 4.74 Å². The number of hydrogen-bond acceptors (Lipinski definition) is 6. The first-order chi connectivity index (χ1) is 9.25. The molecule has 0 saturated carbocycles. The smallest absolute Gasteiger partial charge is 0.363 e. The summed E-state index contributed by atoms with van der Waals surface area (Å²) in [5, 5.41) is 16.9. The van der Waals surface area contributed by atoms with E-state index in [1.165, 1.54) is 12.3 Å². The maximum absolute atomic E-state index is 10.4. The summed E-state index contributed by atoms with van der Waals surface area (Å²) in [6, 6.07) is 3.03. The van der Waals surface area contributed by atoms with Crippen molar-refractivity contribution >= 4 is 11.5 Å². The first kappa shape index (κ1) is 13.7. The summed E-state index contributed by atoms with van der Waals surface area (Å²) in [6.07, 6.45) is 3.92. The van der Waals surface area contributed by atoms with Crippen LogP contribution >= 0.6 is 0 Å². The van der Waals surface area contributed by atoms with Crippen LogP contribution < -0.4 is 10.6 Å². The zero-order valence-electron chi connectivity index (χ0n) is 10.7. The van der Waals surface area contributed by atoms with E-state index in [-0.39, 0.29) is 5.82 Å². The van der Waals surface area contributed by atoms with Crippen molar-refractivity contribution < 1.29 is 9.66 Å². The van der Waals surface area contributed by atoms with E-state index < -0.39 is 4.92 Å². The first-order valence-electron chi connectivity index (χ1n) is 6.42. The average Bonchev–Trinajstić information content (AvgIpc) is 2.45. The fourth-order valence-corrected chi connectivity index (χ4v) is 1.98. The van der Waals surface area contributed by atoms with Crippen LogP contribution in [-0.4, -0.2) is 42.3 Å². The number of nitrogens with one attached hydrogen (secondary N) is 2. The molecule has 0 aromatic carbocycles. The number of aromatic nitrogens is 1. The topological polar surface area (TPSA) is 89.3 Å². The van der Waals surface area contributed by atoms with Crippen molar-refractivity contribution in [2.24, 2.45) is 0 Å². The van der Waals surface area contributed by atoms with Crippen LogP contribution in [0, 0.1) is 10.1 Å². The van der Waals surface area contributed by atoms with Crippen molar-refractivity contribution in [3.05, 3.63) is 28.4 Å². The number of pyridine rings is 1. The second-order valence-corrected chi connectivity index (χ2v) is 4.41. The van der Waals surface area contributed by atoms with Gasteiger partial charge in [0.1, 0.15) is 0 Å².